The standard InChI is InChI=1S/C22H28N2O/c1-22(2,21(25)17-19-9-5-3-6-10-19)24-15-13-23(14-16-24)18-20-11-7-4-8-12-20/h3-12H,13-18H2,1-2H3. The van der Waals surface area contributed by atoms with E-state index >= 15 is 0 Å². The molecule has 0 aromatic heterocycles. The van der Waals surface area contributed by atoms with Crippen molar-refractivity contribution in [2.24, 2.45) is 0 Å². The van der Waals surface area contributed by atoms with Crippen molar-refractivity contribution >= 4 is 5.78 Å². The van der Waals surface area contributed by atoms with Crippen LogP contribution < -0.4 is 0 Å². The van der Waals surface area contributed by atoms with Gasteiger partial charge in [0.15, 0.2) is 5.78 Å². The monoisotopic (exact) mass is 336 g/mol. The molecule has 0 amide bonds. The summed E-state index contributed by atoms with van der Waals surface area (Å²) in [5, 5.41) is 0. The summed E-state index contributed by atoms with van der Waals surface area (Å²) in [5.41, 5.74) is 2.05. The van der Waals surface area contributed by atoms with Crippen molar-refractivity contribution < 1.29 is 4.79 Å². The fourth-order valence-corrected chi connectivity index (χ4v) is 3.48. The van der Waals surface area contributed by atoms with E-state index in [9.17, 15) is 4.79 Å². The first-order chi connectivity index (χ1) is 12.1. The van der Waals surface area contributed by atoms with Gasteiger partial charge in [0, 0.05) is 39.1 Å². The smallest absolute Gasteiger partial charge is 0.156 e. The quantitative estimate of drug-likeness (QED) is 0.808. The predicted molar refractivity (Wildman–Crippen MR) is 103 cm³/mol. The number of hydrogen-bond donors (Lipinski definition) is 0. The number of carbonyl (C=O) groups is 1. The lowest BCUT2D eigenvalue weighted by Crippen LogP contribution is -2.58. The van der Waals surface area contributed by atoms with Gasteiger partial charge in [0.05, 0.1) is 5.54 Å². The number of piperazine rings is 1. The average molecular weight is 336 g/mol. The Bertz CT molecular complexity index is 674. The molecule has 0 spiro atoms. The minimum atomic E-state index is -0.408. The van der Waals surface area contributed by atoms with Gasteiger partial charge in [-0.15, -0.1) is 0 Å². The highest BCUT2D eigenvalue weighted by molar-refractivity contribution is 5.89. The van der Waals surface area contributed by atoms with Crippen LogP contribution in [0, 0.1) is 0 Å². The third-order valence-corrected chi connectivity index (χ3v) is 5.30. The third kappa shape index (κ3) is 4.56. The molecule has 3 rings (SSSR count). The van der Waals surface area contributed by atoms with Gasteiger partial charge in [-0.05, 0) is 25.0 Å². The first kappa shape index (κ1) is 17.8. The normalized spacial score (nSPS) is 16.7. The molecular formula is C22H28N2O. The summed E-state index contributed by atoms with van der Waals surface area (Å²) in [7, 11) is 0. The Morgan fingerprint density at radius 3 is 1.92 bits per heavy atom. The van der Waals surface area contributed by atoms with E-state index in [2.05, 4.69) is 54.0 Å². The molecule has 0 bridgehead atoms. The molecule has 1 fully saturated rings. The molecule has 0 unspecified atom stereocenters. The van der Waals surface area contributed by atoms with Crippen LogP contribution in [0.4, 0.5) is 0 Å². The maximum absolute atomic E-state index is 12.9. The number of ketones is 1. The van der Waals surface area contributed by atoms with Crippen LogP contribution in [-0.2, 0) is 17.8 Å². The zero-order chi connectivity index (χ0) is 17.7. The molecule has 1 aliphatic heterocycles. The zero-order valence-electron chi connectivity index (χ0n) is 15.3. The number of benzene rings is 2. The Morgan fingerprint density at radius 2 is 1.36 bits per heavy atom. The van der Waals surface area contributed by atoms with E-state index < -0.39 is 5.54 Å². The molecule has 3 heteroatoms. The van der Waals surface area contributed by atoms with Crippen molar-refractivity contribution in [1.29, 1.82) is 0 Å². The maximum Gasteiger partial charge on any atom is 0.156 e. The zero-order valence-corrected chi connectivity index (χ0v) is 15.3. The van der Waals surface area contributed by atoms with Gasteiger partial charge in [-0.25, -0.2) is 0 Å². The molecule has 0 atom stereocenters. The summed E-state index contributed by atoms with van der Waals surface area (Å²) in [6, 6.07) is 20.7. The second-order valence-corrected chi connectivity index (χ2v) is 7.39. The fourth-order valence-electron chi connectivity index (χ4n) is 3.48. The highest BCUT2D eigenvalue weighted by Crippen LogP contribution is 2.21. The van der Waals surface area contributed by atoms with E-state index in [1.807, 2.05) is 30.3 Å². The molecule has 2 aromatic rings. The van der Waals surface area contributed by atoms with Gasteiger partial charge in [-0.2, -0.15) is 0 Å². The van der Waals surface area contributed by atoms with Gasteiger partial charge in [0.25, 0.3) is 0 Å². The van der Waals surface area contributed by atoms with Crippen LogP contribution >= 0.6 is 0 Å². The Kier molecular flexibility index (Phi) is 5.67. The van der Waals surface area contributed by atoms with E-state index in [0.29, 0.717) is 12.2 Å². The van der Waals surface area contributed by atoms with Crippen LogP contribution in [0.15, 0.2) is 60.7 Å². The molecule has 2 aromatic carbocycles. The van der Waals surface area contributed by atoms with E-state index in [4.69, 9.17) is 0 Å². The molecule has 1 aliphatic rings. The van der Waals surface area contributed by atoms with Crippen molar-refractivity contribution in [2.45, 2.75) is 32.4 Å². The molecule has 3 nitrogen and oxygen atoms in total. The SMILES string of the molecule is CC(C)(C(=O)Cc1ccccc1)N1CCN(Cc2ccccc2)CC1. The van der Waals surface area contributed by atoms with Gasteiger partial charge in [-0.3, -0.25) is 14.6 Å². The van der Waals surface area contributed by atoms with Gasteiger partial charge in [0.1, 0.15) is 0 Å². The van der Waals surface area contributed by atoms with E-state index in [0.717, 1.165) is 38.3 Å². The van der Waals surface area contributed by atoms with Crippen LogP contribution in [0.5, 0.6) is 0 Å². The highest BCUT2D eigenvalue weighted by Gasteiger charge is 2.35. The number of carbonyl (C=O) groups excluding carboxylic acids is 1. The lowest BCUT2D eigenvalue weighted by Gasteiger charge is -2.43. The number of rotatable bonds is 6. The second-order valence-electron chi connectivity index (χ2n) is 7.39. The minimum absolute atomic E-state index is 0.301. The van der Waals surface area contributed by atoms with Gasteiger partial charge >= 0.3 is 0 Å². The molecular weight excluding hydrogens is 308 g/mol. The Morgan fingerprint density at radius 1 is 0.840 bits per heavy atom. The summed E-state index contributed by atoms with van der Waals surface area (Å²) in [6.45, 7) is 9.05. The topological polar surface area (TPSA) is 23.6 Å². The van der Waals surface area contributed by atoms with E-state index in [1.54, 1.807) is 0 Å². The number of Topliss-reactive ketones (excluding diaryl/α,β-unsaturated/α-hetero) is 1. The van der Waals surface area contributed by atoms with Gasteiger partial charge in [0.2, 0.25) is 0 Å². The summed E-state index contributed by atoms with van der Waals surface area (Å²) in [5.74, 6) is 0.301. The van der Waals surface area contributed by atoms with Gasteiger partial charge < -0.3 is 0 Å². The van der Waals surface area contributed by atoms with Crippen molar-refractivity contribution in [3.05, 3.63) is 71.8 Å². The molecule has 0 saturated carbocycles. The fraction of sp³-hybridized carbons (Fsp3) is 0.409. The average Bonchev–Trinajstić information content (AvgIpc) is 2.64. The van der Waals surface area contributed by atoms with Crippen molar-refractivity contribution in [3.63, 3.8) is 0 Å². The highest BCUT2D eigenvalue weighted by atomic mass is 16.1. The first-order valence-corrected chi connectivity index (χ1v) is 9.14. The van der Waals surface area contributed by atoms with Crippen molar-refractivity contribution in [1.82, 2.24) is 9.80 Å². The summed E-state index contributed by atoms with van der Waals surface area (Å²) >= 11 is 0. The number of hydrogen-bond acceptors (Lipinski definition) is 3. The van der Waals surface area contributed by atoms with Crippen LogP contribution in [0.2, 0.25) is 0 Å². The molecule has 1 saturated heterocycles. The van der Waals surface area contributed by atoms with E-state index in [1.165, 1.54) is 5.56 Å². The van der Waals surface area contributed by atoms with Crippen LogP contribution in [-0.4, -0.2) is 47.3 Å². The molecule has 25 heavy (non-hydrogen) atoms. The lowest BCUT2D eigenvalue weighted by atomic mass is 9.91. The van der Waals surface area contributed by atoms with E-state index in [-0.39, 0.29) is 0 Å². The summed E-state index contributed by atoms with van der Waals surface area (Å²) in [6.07, 6.45) is 0.512. The van der Waals surface area contributed by atoms with Crippen LogP contribution in [0.3, 0.4) is 0 Å². The van der Waals surface area contributed by atoms with Crippen LogP contribution in [0.1, 0.15) is 25.0 Å². The first-order valence-electron chi connectivity index (χ1n) is 9.14. The van der Waals surface area contributed by atoms with Crippen LogP contribution in [0.25, 0.3) is 0 Å². The molecule has 0 aliphatic carbocycles. The molecule has 0 N–H and O–H groups in total. The predicted octanol–water partition coefficient (Wildman–Crippen LogP) is 3.39. The lowest BCUT2D eigenvalue weighted by molar-refractivity contribution is -0.130. The minimum Gasteiger partial charge on any atom is -0.297 e. The maximum atomic E-state index is 12.9. The Hall–Kier alpha value is -1.97. The molecule has 132 valence electrons. The third-order valence-electron chi connectivity index (χ3n) is 5.30. The molecule has 0 radical (unpaired) electrons. The summed E-state index contributed by atoms with van der Waals surface area (Å²) < 4.78 is 0. The number of nitrogens with zero attached hydrogens (tertiary/aromatic N) is 2. The Labute approximate surface area is 151 Å². The Balaban J connectivity index is 1.54. The molecule has 1 heterocycles. The summed E-state index contributed by atoms with van der Waals surface area (Å²) in [4.78, 5) is 17.7. The van der Waals surface area contributed by atoms with Crippen molar-refractivity contribution in [2.75, 3.05) is 26.2 Å². The second kappa shape index (κ2) is 7.94. The van der Waals surface area contributed by atoms with Gasteiger partial charge in [-0.1, -0.05) is 60.7 Å². The largest absolute Gasteiger partial charge is 0.297 e. The van der Waals surface area contributed by atoms with Crippen molar-refractivity contribution in [3.8, 4) is 0 Å².